The second-order valence-corrected chi connectivity index (χ2v) is 5.40. The minimum atomic E-state index is -0.662. The van der Waals surface area contributed by atoms with E-state index in [0.29, 0.717) is 0 Å². The van der Waals surface area contributed by atoms with Crippen molar-refractivity contribution in [2.75, 3.05) is 0 Å². The van der Waals surface area contributed by atoms with Crippen molar-refractivity contribution in [3.8, 4) is 5.75 Å². The molecule has 2 heteroatoms. The molecule has 0 aliphatic carbocycles. The third-order valence-corrected chi connectivity index (χ3v) is 3.52. The Morgan fingerprint density at radius 2 is 1.55 bits per heavy atom. The Hall–Kier alpha value is -1.80. The number of para-hydroxylation sites is 1. The van der Waals surface area contributed by atoms with Crippen molar-refractivity contribution in [1.29, 1.82) is 0 Å². The van der Waals surface area contributed by atoms with E-state index in [0.717, 1.165) is 22.4 Å². The highest BCUT2D eigenvalue weighted by Gasteiger charge is 2.18. The molecular formula is C18H22O2. The van der Waals surface area contributed by atoms with Crippen LogP contribution >= 0.6 is 0 Å². The Bertz CT molecular complexity index is 588. The number of aryl methyl sites for hydroxylation is 1. The molecule has 0 spiro atoms. The van der Waals surface area contributed by atoms with Crippen LogP contribution in [0.15, 0.2) is 42.5 Å². The molecule has 0 heterocycles. The van der Waals surface area contributed by atoms with E-state index in [2.05, 4.69) is 13.0 Å². The van der Waals surface area contributed by atoms with Gasteiger partial charge in [0.1, 0.15) is 11.9 Å². The van der Waals surface area contributed by atoms with Crippen LogP contribution in [0.1, 0.15) is 42.2 Å². The van der Waals surface area contributed by atoms with E-state index in [9.17, 15) is 5.11 Å². The average molecular weight is 270 g/mol. The Morgan fingerprint density at radius 1 is 0.900 bits per heavy atom. The van der Waals surface area contributed by atoms with Crippen molar-refractivity contribution in [3.63, 3.8) is 0 Å². The van der Waals surface area contributed by atoms with Gasteiger partial charge in [-0.05, 0) is 50.5 Å². The monoisotopic (exact) mass is 270 g/mol. The number of hydrogen-bond acceptors (Lipinski definition) is 2. The fourth-order valence-corrected chi connectivity index (χ4v) is 2.31. The van der Waals surface area contributed by atoms with Gasteiger partial charge < -0.3 is 9.84 Å². The third-order valence-electron chi connectivity index (χ3n) is 3.52. The summed E-state index contributed by atoms with van der Waals surface area (Å²) in [5.74, 6) is 0.746. The Labute approximate surface area is 121 Å². The second kappa shape index (κ2) is 6.10. The Morgan fingerprint density at radius 3 is 2.25 bits per heavy atom. The van der Waals surface area contributed by atoms with Gasteiger partial charge in [0.25, 0.3) is 0 Å². The number of ether oxygens (including phenoxy) is 1. The van der Waals surface area contributed by atoms with Crippen LogP contribution in [0.3, 0.4) is 0 Å². The van der Waals surface area contributed by atoms with E-state index in [4.69, 9.17) is 4.74 Å². The molecule has 0 saturated carbocycles. The van der Waals surface area contributed by atoms with Gasteiger partial charge in [0.05, 0.1) is 6.10 Å². The van der Waals surface area contributed by atoms with Crippen LogP contribution in [0.4, 0.5) is 0 Å². The van der Waals surface area contributed by atoms with Crippen LogP contribution in [0.5, 0.6) is 5.75 Å². The standard InChI is InChI=1S/C18H22O2/c1-12(2)20-17-11-6-5-9-16(17)18(19)15-10-7-8-13(3)14(15)4/h5-12,18-19H,1-4H3. The van der Waals surface area contributed by atoms with Crippen molar-refractivity contribution in [3.05, 3.63) is 64.7 Å². The van der Waals surface area contributed by atoms with Crippen molar-refractivity contribution in [2.24, 2.45) is 0 Å². The molecule has 0 aromatic heterocycles. The minimum Gasteiger partial charge on any atom is -0.491 e. The summed E-state index contributed by atoms with van der Waals surface area (Å²) >= 11 is 0. The van der Waals surface area contributed by atoms with E-state index >= 15 is 0 Å². The minimum absolute atomic E-state index is 0.0851. The molecule has 20 heavy (non-hydrogen) atoms. The number of rotatable bonds is 4. The first kappa shape index (κ1) is 14.6. The highest BCUT2D eigenvalue weighted by Crippen LogP contribution is 2.32. The van der Waals surface area contributed by atoms with E-state index in [1.807, 2.05) is 57.2 Å². The highest BCUT2D eigenvalue weighted by molar-refractivity contribution is 5.44. The van der Waals surface area contributed by atoms with Crippen LogP contribution in [0.25, 0.3) is 0 Å². The first-order chi connectivity index (χ1) is 9.50. The van der Waals surface area contributed by atoms with Crippen LogP contribution in [-0.4, -0.2) is 11.2 Å². The second-order valence-electron chi connectivity index (χ2n) is 5.40. The van der Waals surface area contributed by atoms with Gasteiger partial charge in [-0.25, -0.2) is 0 Å². The molecular weight excluding hydrogens is 248 g/mol. The van der Waals surface area contributed by atoms with Crippen molar-refractivity contribution in [1.82, 2.24) is 0 Å². The largest absolute Gasteiger partial charge is 0.491 e. The molecule has 0 radical (unpaired) electrons. The third kappa shape index (κ3) is 3.02. The molecule has 1 N–H and O–H groups in total. The van der Waals surface area contributed by atoms with E-state index in [1.54, 1.807) is 0 Å². The predicted octanol–water partition coefficient (Wildman–Crippen LogP) is 4.17. The lowest BCUT2D eigenvalue weighted by Gasteiger charge is -2.20. The molecule has 2 nitrogen and oxygen atoms in total. The van der Waals surface area contributed by atoms with Crippen LogP contribution < -0.4 is 4.74 Å². The van der Waals surface area contributed by atoms with Crippen LogP contribution in [-0.2, 0) is 0 Å². The maximum absolute atomic E-state index is 10.7. The van der Waals surface area contributed by atoms with Crippen LogP contribution in [0, 0.1) is 13.8 Å². The van der Waals surface area contributed by atoms with Gasteiger partial charge in [0, 0.05) is 5.56 Å². The molecule has 1 unspecified atom stereocenters. The summed E-state index contributed by atoms with van der Waals surface area (Å²) in [6.07, 6.45) is -0.577. The van der Waals surface area contributed by atoms with Gasteiger partial charge in [-0.3, -0.25) is 0 Å². The predicted molar refractivity (Wildman–Crippen MR) is 82.2 cm³/mol. The zero-order valence-electron chi connectivity index (χ0n) is 12.6. The van der Waals surface area contributed by atoms with Gasteiger partial charge in [-0.15, -0.1) is 0 Å². The zero-order chi connectivity index (χ0) is 14.7. The van der Waals surface area contributed by atoms with E-state index < -0.39 is 6.10 Å². The quantitative estimate of drug-likeness (QED) is 0.903. The molecule has 2 aromatic carbocycles. The number of benzene rings is 2. The summed E-state index contributed by atoms with van der Waals surface area (Å²) in [6.45, 7) is 8.07. The summed E-state index contributed by atoms with van der Waals surface area (Å²) in [4.78, 5) is 0. The Balaban J connectivity index is 2.43. The molecule has 0 bridgehead atoms. The maximum Gasteiger partial charge on any atom is 0.125 e. The van der Waals surface area contributed by atoms with Crippen molar-refractivity contribution in [2.45, 2.75) is 39.9 Å². The summed E-state index contributed by atoms with van der Waals surface area (Å²) in [5.41, 5.74) is 4.06. The first-order valence-corrected chi connectivity index (χ1v) is 7.00. The maximum atomic E-state index is 10.7. The number of aliphatic hydroxyl groups is 1. The van der Waals surface area contributed by atoms with E-state index in [-0.39, 0.29) is 6.10 Å². The van der Waals surface area contributed by atoms with Gasteiger partial charge in [0.2, 0.25) is 0 Å². The topological polar surface area (TPSA) is 29.5 Å². The van der Waals surface area contributed by atoms with Crippen molar-refractivity contribution >= 4 is 0 Å². The number of hydrogen-bond donors (Lipinski definition) is 1. The fourth-order valence-electron chi connectivity index (χ4n) is 2.31. The molecule has 0 aliphatic rings. The highest BCUT2D eigenvalue weighted by atomic mass is 16.5. The Kier molecular flexibility index (Phi) is 4.46. The van der Waals surface area contributed by atoms with Gasteiger partial charge >= 0.3 is 0 Å². The molecule has 0 aliphatic heterocycles. The summed E-state index contributed by atoms with van der Waals surface area (Å²) in [7, 11) is 0. The summed E-state index contributed by atoms with van der Waals surface area (Å²) < 4.78 is 5.80. The van der Waals surface area contributed by atoms with Gasteiger partial charge in [0.15, 0.2) is 0 Å². The SMILES string of the molecule is Cc1cccc(C(O)c2ccccc2OC(C)C)c1C. The lowest BCUT2D eigenvalue weighted by Crippen LogP contribution is -2.10. The smallest absolute Gasteiger partial charge is 0.125 e. The molecule has 2 rings (SSSR count). The molecule has 1 atom stereocenters. The number of aliphatic hydroxyl groups excluding tert-OH is 1. The molecule has 0 fully saturated rings. The van der Waals surface area contributed by atoms with Gasteiger partial charge in [-0.2, -0.15) is 0 Å². The van der Waals surface area contributed by atoms with Crippen molar-refractivity contribution < 1.29 is 9.84 Å². The van der Waals surface area contributed by atoms with Gasteiger partial charge in [-0.1, -0.05) is 36.4 Å². The molecule has 0 saturated heterocycles. The molecule has 106 valence electrons. The summed E-state index contributed by atoms with van der Waals surface area (Å²) in [5, 5.41) is 10.7. The molecule has 2 aromatic rings. The lowest BCUT2D eigenvalue weighted by molar-refractivity contribution is 0.197. The van der Waals surface area contributed by atoms with Crippen LogP contribution in [0.2, 0.25) is 0 Å². The summed E-state index contributed by atoms with van der Waals surface area (Å²) in [6, 6.07) is 13.7. The lowest BCUT2D eigenvalue weighted by atomic mass is 9.94. The average Bonchev–Trinajstić information content (AvgIpc) is 2.41. The zero-order valence-corrected chi connectivity index (χ0v) is 12.6. The molecule has 0 amide bonds. The first-order valence-electron chi connectivity index (χ1n) is 7.00. The van der Waals surface area contributed by atoms with E-state index in [1.165, 1.54) is 5.56 Å². The fraction of sp³-hybridized carbons (Fsp3) is 0.333. The normalized spacial score (nSPS) is 12.5.